The van der Waals surface area contributed by atoms with E-state index in [2.05, 4.69) is 21.2 Å². The Morgan fingerprint density at radius 2 is 2.14 bits per heavy atom. The molecule has 0 aliphatic carbocycles. The fourth-order valence-electron chi connectivity index (χ4n) is 2.16. The zero-order chi connectivity index (χ0) is 15.0. The summed E-state index contributed by atoms with van der Waals surface area (Å²) in [6.07, 6.45) is 0. The van der Waals surface area contributed by atoms with Crippen molar-refractivity contribution in [3.8, 4) is 5.75 Å². The predicted molar refractivity (Wildman–Crippen MR) is 86.8 cm³/mol. The van der Waals surface area contributed by atoms with Crippen molar-refractivity contribution >= 4 is 39.3 Å². The van der Waals surface area contributed by atoms with E-state index in [0.717, 1.165) is 31.3 Å². The van der Waals surface area contributed by atoms with E-state index in [-0.39, 0.29) is 5.91 Å². The predicted octanol–water partition coefficient (Wildman–Crippen LogP) is 3.56. The fraction of sp³-hybridized carbons (Fsp3) is 0.133. The van der Waals surface area contributed by atoms with Crippen molar-refractivity contribution in [3.63, 3.8) is 0 Å². The topological polar surface area (TPSA) is 64.3 Å². The summed E-state index contributed by atoms with van der Waals surface area (Å²) in [5.41, 5.74) is 7.44. The first-order valence-corrected chi connectivity index (χ1v) is 7.91. The van der Waals surface area contributed by atoms with E-state index in [1.807, 2.05) is 36.4 Å². The maximum Gasteiger partial charge on any atom is 0.245 e. The lowest BCUT2D eigenvalue weighted by Crippen LogP contribution is -2.19. The molecule has 4 nitrogen and oxygen atoms in total. The number of hydrogen-bond donors (Lipinski definition) is 2. The van der Waals surface area contributed by atoms with E-state index in [1.54, 1.807) is 18.9 Å². The van der Waals surface area contributed by atoms with Gasteiger partial charge in [0.25, 0.3) is 0 Å². The van der Waals surface area contributed by atoms with Crippen LogP contribution in [0.3, 0.4) is 0 Å². The van der Waals surface area contributed by atoms with Crippen molar-refractivity contribution in [2.75, 3.05) is 12.4 Å². The molecule has 1 aliphatic heterocycles. The lowest BCUT2D eigenvalue weighted by molar-refractivity contribution is -0.116. The molecule has 3 N–H and O–H groups in total. The molecule has 2 aromatic carbocycles. The van der Waals surface area contributed by atoms with Gasteiger partial charge < -0.3 is 15.8 Å². The minimum Gasteiger partial charge on any atom is -0.497 e. The van der Waals surface area contributed by atoms with Gasteiger partial charge in [-0.25, -0.2) is 0 Å². The first-order valence-electron chi connectivity index (χ1n) is 6.30. The first kappa shape index (κ1) is 14.4. The minimum atomic E-state index is -0.591. The number of nitrogens with two attached hydrogens (primary N) is 1. The van der Waals surface area contributed by atoms with Gasteiger partial charge in [0.2, 0.25) is 5.91 Å². The van der Waals surface area contributed by atoms with Gasteiger partial charge in [-0.3, -0.25) is 4.79 Å². The largest absolute Gasteiger partial charge is 0.497 e. The lowest BCUT2D eigenvalue weighted by Gasteiger charge is -2.09. The molecule has 0 fully saturated rings. The Kier molecular flexibility index (Phi) is 3.93. The van der Waals surface area contributed by atoms with Gasteiger partial charge in [-0.2, -0.15) is 0 Å². The van der Waals surface area contributed by atoms with E-state index in [1.165, 1.54) is 0 Å². The van der Waals surface area contributed by atoms with Gasteiger partial charge in [-0.05, 0) is 46.3 Å². The average Bonchev–Trinajstić information content (AvgIpc) is 2.75. The summed E-state index contributed by atoms with van der Waals surface area (Å²) in [5.74, 6) is 0.646. The smallest absolute Gasteiger partial charge is 0.245 e. The zero-order valence-electron chi connectivity index (χ0n) is 11.2. The van der Waals surface area contributed by atoms with Gasteiger partial charge in [0.15, 0.2) is 0 Å². The van der Waals surface area contributed by atoms with E-state index in [9.17, 15) is 4.79 Å². The third kappa shape index (κ3) is 2.79. The molecule has 1 amide bonds. The van der Waals surface area contributed by atoms with Crippen molar-refractivity contribution in [1.82, 2.24) is 0 Å². The average molecular weight is 365 g/mol. The second kappa shape index (κ2) is 5.71. The number of halogens is 1. The summed E-state index contributed by atoms with van der Waals surface area (Å²) < 4.78 is 6.14. The van der Waals surface area contributed by atoms with Crippen molar-refractivity contribution in [2.45, 2.75) is 15.8 Å². The Morgan fingerprint density at radius 1 is 1.33 bits per heavy atom. The van der Waals surface area contributed by atoms with Crippen LogP contribution in [0.15, 0.2) is 50.7 Å². The number of anilines is 1. The number of fused-ring (bicyclic) bond motifs is 1. The number of ether oxygens (including phenoxy) is 1. The van der Waals surface area contributed by atoms with Crippen LogP contribution in [0.1, 0.15) is 11.6 Å². The first-order chi connectivity index (χ1) is 10.1. The standard InChI is InChI=1S/C15H13BrN2O2S/c1-20-8-3-2-4-9(5-8)21-13-7-12-10(6-11(13)16)14(17)15(19)18-12/h2-7,14H,17H2,1H3,(H,18,19). The van der Waals surface area contributed by atoms with Crippen molar-refractivity contribution < 1.29 is 9.53 Å². The summed E-state index contributed by atoms with van der Waals surface area (Å²) >= 11 is 5.14. The summed E-state index contributed by atoms with van der Waals surface area (Å²) in [5, 5.41) is 2.80. The van der Waals surface area contributed by atoms with Gasteiger partial charge in [0.1, 0.15) is 11.8 Å². The maximum atomic E-state index is 11.6. The molecule has 0 radical (unpaired) electrons. The van der Waals surface area contributed by atoms with Crippen LogP contribution in [0.4, 0.5) is 5.69 Å². The minimum absolute atomic E-state index is 0.166. The van der Waals surface area contributed by atoms with Crippen molar-refractivity contribution in [2.24, 2.45) is 5.73 Å². The highest BCUT2D eigenvalue weighted by molar-refractivity contribution is 9.10. The molecule has 1 unspecified atom stereocenters. The molecular formula is C15H13BrN2O2S. The van der Waals surface area contributed by atoms with E-state index in [0.29, 0.717) is 0 Å². The molecule has 0 aromatic heterocycles. The van der Waals surface area contributed by atoms with Crippen LogP contribution < -0.4 is 15.8 Å². The van der Waals surface area contributed by atoms with E-state index >= 15 is 0 Å². The third-order valence-corrected chi connectivity index (χ3v) is 5.21. The number of methoxy groups -OCH3 is 1. The molecule has 0 bridgehead atoms. The van der Waals surface area contributed by atoms with E-state index < -0.39 is 6.04 Å². The van der Waals surface area contributed by atoms with Gasteiger partial charge >= 0.3 is 0 Å². The molecule has 21 heavy (non-hydrogen) atoms. The Bertz CT molecular complexity index is 721. The van der Waals surface area contributed by atoms with Crippen LogP contribution in [0.25, 0.3) is 0 Å². The van der Waals surface area contributed by atoms with Crippen LogP contribution in [0.5, 0.6) is 5.75 Å². The molecule has 1 atom stereocenters. The second-order valence-electron chi connectivity index (χ2n) is 4.62. The summed E-state index contributed by atoms with van der Waals surface area (Å²) in [4.78, 5) is 13.7. The van der Waals surface area contributed by atoms with E-state index in [4.69, 9.17) is 10.5 Å². The van der Waals surface area contributed by atoms with Crippen LogP contribution in [0, 0.1) is 0 Å². The summed E-state index contributed by atoms with van der Waals surface area (Å²) in [7, 11) is 1.64. The Hall–Kier alpha value is -1.50. The number of carbonyl (C=O) groups is 1. The quantitative estimate of drug-likeness (QED) is 0.873. The lowest BCUT2D eigenvalue weighted by atomic mass is 10.1. The molecule has 108 valence electrons. The highest BCUT2D eigenvalue weighted by Crippen LogP contribution is 2.41. The normalized spacial score (nSPS) is 16.5. The Labute approximate surface area is 135 Å². The van der Waals surface area contributed by atoms with Crippen molar-refractivity contribution in [3.05, 3.63) is 46.4 Å². The van der Waals surface area contributed by atoms with Gasteiger partial charge in [0, 0.05) is 25.5 Å². The number of nitrogens with one attached hydrogen (secondary N) is 1. The highest BCUT2D eigenvalue weighted by atomic mass is 79.9. The van der Waals surface area contributed by atoms with Crippen LogP contribution >= 0.6 is 27.7 Å². The molecule has 0 spiro atoms. The zero-order valence-corrected chi connectivity index (χ0v) is 13.6. The fourth-order valence-corrected chi connectivity index (χ4v) is 3.67. The molecule has 1 heterocycles. The molecule has 2 aromatic rings. The summed E-state index contributed by atoms with van der Waals surface area (Å²) in [6, 6.07) is 11.1. The Morgan fingerprint density at radius 3 is 2.90 bits per heavy atom. The van der Waals surface area contributed by atoms with Gasteiger partial charge in [-0.15, -0.1) is 0 Å². The van der Waals surface area contributed by atoms with Crippen LogP contribution in [-0.2, 0) is 4.79 Å². The number of carbonyl (C=O) groups excluding carboxylic acids is 1. The molecule has 0 saturated carbocycles. The Balaban J connectivity index is 1.93. The second-order valence-corrected chi connectivity index (χ2v) is 6.59. The van der Waals surface area contributed by atoms with Gasteiger partial charge in [-0.1, -0.05) is 17.8 Å². The summed E-state index contributed by atoms with van der Waals surface area (Å²) in [6.45, 7) is 0. The molecule has 0 saturated heterocycles. The number of rotatable bonds is 3. The number of hydrogen-bond acceptors (Lipinski definition) is 4. The van der Waals surface area contributed by atoms with Gasteiger partial charge in [0.05, 0.1) is 7.11 Å². The highest BCUT2D eigenvalue weighted by Gasteiger charge is 2.28. The molecule has 3 rings (SSSR count). The SMILES string of the molecule is COc1cccc(Sc2cc3c(cc2Br)C(N)C(=O)N3)c1. The molecule has 6 heteroatoms. The van der Waals surface area contributed by atoms with Crippen LogP contribution in [0.2, 0.25) is 0 Å². The number of amides is 1. The van der Waals surface area contributed by atoms with Crippen molar-refractivity contribution in [1.29, 1.82) is 0 Å². The van der Waals surface area contributed by atoms with Crippen LogP contribution in [-0.4, -0.2) is 13.0 Å². The number of benzene rings is 2. The maximum absolute atomic E-state index is 11.6. The third-order valence-electron chi connectivity index (χ3n) is 3.25. The monoisotopic (exact) mass is 364 g/mol. The molecular weight excluding hydrogens is 352 g/mol. The molecule has 1 aliphatic rings.